The summed E-state index contributed by atoms with van der Waals surface area (Å²) in [6.07, 6.45) is 2.18. The second-order valence-corrected chi connectivity index (χ2v) is 7.40. The minimum Gasteiger partial charge on any atom is -0.342 e. The number of carbonyl (C=O) groups excluding carboxylic acids is 1. The van der Waals surface area contributed by atoms with Gasteiger partial charge in [-0.05, 0) is 38.8 Å². The van der Waals surface area contributed by atoms with Gasteiger partial charge in [-0.1, -0.05) is 12.1 Å². The minimum absolute atomic E-state index is 0.188. The maximum Gasteiger partial charge on any atom is 0.228 e. The fourth-order valence-corrected chi connectivity index (χ4v) is 4.00. The summed E-state index contributed by atoms with van der Waals surface area (Å²) in [4.78, 5) is 19.6. The van der Waals surface area contributed by atoms with Crippen molar-refractivity contribution < 1.29 is 4.79 Å². The predicted molar refractivity (Wildman–Crippen MR) is 95.0 cm³/mol. The van der Waals surface area contributed by atoms with Crippen molar-refractivity contribution in [2.24, 2.45) is 5.92 Å². The van der Waals surface area contributed by atoms with Crippen LogP contribution in [-0.2, 0) is 4.79 Å². The normalized spacial score (nSPS) is 22.1. The van der Waals surface area contributed by atoms with E-state index in [0.29, 0.717) is 17.9 Å². The first-order valence-corrected chi connectivity index (χ1v) is 9.11. The third-order valence-corrected chi connectivity index (χ3v) is 5.37. The standard InChI is InChI=1S/C19H26N4O/c1-13(2)23-17-8-4-3-7-16(17)21-18(23)14-6-5-9-22(12-14)19(24)15-10-20-11-15/h3-4,7-8,13-15,20H,5-6,9-12H2,1-2H3. The van der Waals surface area contributed by atoms with Crippen LogP contribution in [0.3, 0.4) is 0 Å². The molecular formula is C19H26N4O. The number of carbonyl (C=O) groups is 1. The van der Waals surface area contributed by atoms with E-state index in [9.17, 15) is 4.79 Å². The molecule has 2 fully saturated rings. The van der Waals surface area contributed by atoms with E-state index in [2.05, 4.69) is 46.8 Å². The lowest BCUT2D eigenvalue weighted by Gasteiger charge is -2.37. The Morgan fingerprint density at radius 1 is 1.29 bits per heavy atom. The summed E-state index contributed by atoms with van der Waals surface area (Å²) in [7, 11) is 0. The van der Waals surface area contributed by atoms with Crippen molar-refractivity contribution in [3.05, 3.63) is 30.1 Å². The third kappa shape index (κ3) is 2.61. The van der Waals surface area contributed by atoms with E-state index < -0.39 is 0 Å². The van der Waals surface area contributed by atoms with Crippen LogP contribution >= 0.6 is 0 Å². The van der Waals surface area contributed by atoms with Crippen molar-refractivity contribution in [1.82, 2.24) is 19.8 Å². The van der Waals surface area contributed by atoms with Crippen molar-refractivity contribution in [2.75, 3.05) is 26.2 Å². The first kappa shape index (κ1) is 15.6. The van der Waals surface area contributed by atoms with E-state index in [1.165, 1.54) is 5.52 Å². The highest BCUT2D eigenvalue weighted by Gasteiger charge is 2.34. The molecule has 5 nitrogen and oxygen atoms in total. The molecule has 4 rings (SSSR count). The van der Waals surface area contributed by atoms with Gasteiger partial charge < -0.3 is 14.8 Å². The molecule has 1 amide bonds. The maximum absolute atomic E-state index is 12.6. The van der Waals surface area contributed by atoms with Gasteiger partial charge in [0.15, 0.2) is 0 Å². The zero-order valence-electron chi connectivity index (χ0n) is 14.5. The first-order valence-electron chi connectivity index (χ1n) is 9.11. The van der Waals surface area contributed by atoms with E-state index in [0.717, 1.165) is 50.4 Å². The highest BCUT2D eigenvalue weighted by molar-refractivity contribution is 5.80. The van der Waals surface area contributed by atoms with E-state index in [-0.39, 0.29) is 5.92 Å². The highest BCUT2D eigenvalue weighted by atomic mass is 16.2. The molecule has 1 aromatic carbocycles. The number of aromatic nitrogens is 2. The summed E-state index contributed by atoms with van der Waals surface area (Å²) in [6, 6.07) is 8.73. The fourth-order valence-electron chi connectivity index (χ4n) is 4.00. The predicted octanol–water partition coefficient (Wildman–Crippen LogP) is 2.54. The van der Waals surface area contributed by atoms with Gasteiger partial charge in [-0.3, -0.25) is 4.79 Å². The molecule has 2 saturated heterocycles. The number of benzene rings is 1. The number of para-hydroxylation sites is 2. The van der Waals surface area contributed by atoms with Gasteiger partial charge in [0.25, 0.3) is 0 Å². The molecule has 0 aliphatic carbocycles. The molecule has 0 saturated carbocycles. The van der Waals surface area contributed by atoms with Gasteiger partial charge in [0, 0.05) is 38.1 Å². The number of hydrogen-bond donors (Lipinski definition) is 1. The van der Waals surface area contributed by atoms with Gasteiger partial charge in [0.1, 0.15) is 5.82 Å². The molecule has 5 heteroatoms. The van der Waals surface area contributed by atoms with Gasteiger partial charge >= 0.3 is 0 Å². The van der Waals surface area contributed by atoms with Crippen LogP contribution in [0.25, 0.3) is 11.0 Å². The van der Waals surface area contributed by atoms with Crippen molar-refractivity contribution >= 4 is 16.9 Å². The van der Waals surface area contributed by atoms with Crippen LogP contribution in [0.15, 0.2) is 24.3 Å². The van der Waals surface area contributed by atoms with E-state index in [4.69, 9.17) is 4.98 Å². The second kappa shape index (κ2) is 6.20. The minimum atomic E-state index is 0.188. The Morgan fingerprint density at radius 3 is 2.79 bits per heavy atom. The number of imidazole rings is 1. The van der Waals surface area contributed by atoms with Gasteiger partial charge in [0.05, 0.1) is 17.0 Å². The van der Waals surface area contributed by atoms with E-state index >= 15 is 0 Å². The molecule has 1 atom stereocenters. The van der Waals surface area contributed by atoms with Crippen LogP contribution in [0.1, 0.15) is 44.5 Å². The van der Waals surface area contributed by atoms with Crippen molar-refractivity contribution in [1.29, 1.82) is 0 Å². The lowest BCUT2D eigenvalue weighted by molar-refractivity contribution is -0.138. The maximum atomic E-state index is 12.6. The van der Waals surface area contributed by atoms with Crippen molar-refractivity contribution in [2.45, 2.75) is 38.6 Å². The van der Waals surface area contributed by atoms with Crippen molar-refractivity contribution in [3.8, 4) is 0 Å². The summed E-state index contributed by atoms with van der Waals surface area (Å²) in [5.41, 5.74) is 2.27. The number of fused-ring (bicyclic) bond motifs is 1. The Kier molecular flexibility index (Phi) is 4.04. The average molecular weight is 326 g/mol. The molecule has 128 valence electrons. The number of nitrogens with one attached hydrogen (secondary N) is 1. The summed E-state index contributed by atoms with van der Waals surface area (Å²) in [6.45, 7) is 7.81. The number of hydrogen-bond acceptors (Lipinski definition) is 3. The van der Waals surface area contributed by atoms with E-state index in [1.807, 2.05) is 6.07 Å². The quantitative estimate of drug-likeness (QED) is 0.943. The Bertz CT molecular complexity index is 747. The lowest BCUT2D eigenvalue weighted by Crippen LogP contribution is -2.53. The largest absolute Gasteiger partial charge is 0.342 e. The van der Waals surface area contributed by atoms with Crippen LogP contribution < -0.4 is 5.32 Å². The second-order valence-electron chi connectivity index (χ2n) is 7.40. The van der Waals surface area contributed by atoms with Crippen LogP contribution in [-0.4, -0.2) is 46.5 Å². The van der Waals surface area contributed by atoms with Crippen LogP contribution in [0, 0.1) is 5.92 Å². The van der Waals surface area contributed by atoms with Crippen LogP contribution in [0.4, 0.5) is 0 Å². The Morgan fingerprint density at radius 2 is 2.08 bits per heavy atom. The Labute approximate surface area is 143 Å². The average Bonchev–Trinajstić information content (AvgIpc) is 2.93. The zero-order chi connectivity index (χ0) is 16.7. The van der Waals surface area contributed by atoms with E-state index in [1.54, 1.807) is 0 Å². The zero-order valence-corrected chi connectivity index (χ0v) is 14.5. The molecule has 2 aliphatic heterocycles. The third-order valence-electron chi connectivity index (χ3n) is 5.37. The molecule has 0 spiro atoms. The van der Waals surface area contributed by atoms with Gasteiger partial charge in [-0.25, -0.2) is 4.98 Å². The molecule has 0 bridgehead atoms. The SMILES string of the molecule is CC(C)n1c(C2CCCN(C(=O)C3CNC3)C2)nc2ccccc21. The molecular weight excluding hydrogens is 300 g/mol. The molecule has 0 radical (unpaired) electrons. The molecule has 3 heterocycles. The molecule has 2 aliphatic rings. The first-order chi connectivity index (χ1) is 11.6. The molecule has 1 unspecified atom stereocenters. The van der Waals surface area contributed by atoms with Crippen LogP contribution in [0.2, 0.25) is 0 Å². The molecule has 1 aromatic heterocycles. The monoisotopic (exact) mass is 326 g/mol. The van der Waals surface area contributed by atoms with Crippen molar-refractivity contribution in [3.63, 3.8) is 0 Å². The fraction of sp³-hybridized carbons (Fsp3) is 0.579. The molecule has 24 heavy (non-hydrogen) atoms. The Balaban J connectivity index is 1.64. The summed E-state index contributed by atoms with van der Waals surface area (Å²) < 4.78 is 2.36. The lowest BCUT2D eigenvalue weighted by atomic mass is 9.94. The van der Waals surface area contributed by atoms with Crippen LogP contribution in [0.5, 0.6) is 0 Å². The number of piperidine rings is 1. The molecule has 1 N–H and O–H groups in total. The smallest absolute Gasteiger partial charge is 0.228 e. The number of rotatable bonds is 3. The summed E-state index contributed by atoms with van der Waals surface area (Å²) in [5.74, 6) is 2.00. The topological polar surface area (TPSA) is 50.2 Å². The van der Waals surface area contributed by atoms with Gasteiger partial charge in [-0.15, -0.1) is 0 Å². The highest BCUT2D eigenvalue weighted by Crippen LogP contribution is 2.32. The summed E-state index contributed by atoms with van der Waals surface area (Å²) >= 11 is 0. The number of likely N-dealkylation sites (tertiary alicyclic amines) is 1. The van der Waals surface area contributed by atoms with Gasteiger partial charge in [-0.2, -0.15) is 0 Å². The summed E-state index contributed by atoms with van der Waals surface area (Å²) in [5, 5.41) is 3.20. The number of amides is 1. The Hall–Kier alpha value is -1.88. The number of nitrogens with zero attached hydrogens (tertiary/aromatic N) is 3. The van der Waals surface area contributed by atoms with Gasteiger partial charge in [0.2, 0.25) is 5.91 Å². The molecule has 2 aromatic rings.